The number of ether oxygens (including phenoxy) is 2. The number of hydrogen-bond donors (Lipinski definition) is 15. The van der Waals surface area contributed by atoms with Crippen LogP contribution in [0.1, 0.15) is 189 Å². The molecule has 0 saturated heterocycles. The van der Waals surface area contributed by atoms with Gasteiger partial charge in [0.2, 0.25) is 41.4 Å². The summed E-state index contributed by atoms with van der Waals surface area (Å²) >= 11 is 0. The Morgan fingerprint density at radius 3 is 1.02 bits per heavy atom. The minimum Gasteiger partial charge on any atom is -0.375 e. The maximum Gasteiger partial charge on any atom is 0.243 e. The van der Waals surface area contributed by atoms with Crippen molar-refractivity contribution < 1.29 is 43.0 Å². The van der Waals surface area contributed by atoms with Crippen LogP contribution in [0.4, 0.5) is 0 Å². The van der Waals surface area contributed by atoms with Crippen molar-refractivity contribution in [2.24, 2.45) is 51.8 Å². The first-order chi connectivity index (χ1) is 37.9. The summed E-state index contributed by atoms with van der Waals surface area (Å²) in [7, 11) is 0. The number of nitrogens with one attached hydrogen (secondary N) is 7. The van der Waals surface area contributed by atoms with E-state index in [0.29, 0.717) is 161 Å². The van der Waals surface area contributed by atoms with Gasteiger partial charge in [-0.05, 0) is 182 Å². The SMILES string of the molecule is CC(C)COC(C)(C)CCOC(C)(C)CCNC(=O)C(CCCCNC(=O)C(CCCCNC(=O)C(N)CCCCN)NC(=O)C(N)CCCCN)NC(=O)C(CCCCNC(=O)C(N)CCCCN)NC(=O)C(N)CCCCN. The lowest BCUT2D eigenvalue weighted by Crippen LogP contribution is -2.56. The molecule has 468 valence electrons. The van der Waals surface area contributed by atoms with Crippen molar-refractivity contribution in [3.8, 4) is 0 Å². The fourth-order valence-corrected chi connectivity index (χ4v) is 8.36. The summed E-state index contributed by atoms with van der Waals surface area (Å²) in [5.41, 5.74) is 46.0. The van der Waals surface area contributed by atoms with Crippen LogP contribution in [0.5, 0.6) is 0 Å². The fourth-order valence-electron chi connectivity index (χ4n) is 8.36. The first-order valence-electron chi connectivity index (χ1n) is 30.1. The highest BCUT2D eigenvalue weighted by Crippen LogP contribution is 2.20. The van der Waals surface area contributed by atoms with Crippen molar-refractivity contribution in [3.05, 3.63) is 0 Å². The number of nitrogens with two attached hydrogens (primary N) is 8. The molecule has 7 atom stereocenters. The van der Waals surface area contributed by atoms with Gasteiger partial charge in [0, 0.05) is 32.8 Å². The highest BCUT2D eigenvalue weighted by Gasteiger charge is 2.30. The lowest BCUT2D eigenvalue weighted by atomic mass is 10.0. The lowest BCUT2D eigenvalue weighted by molar-refractivity contribution is -0.132. The molecule has 0 aromatic heterocycles. The maximum absolute atomic E-state index is 14.3. The molecule has 24 nitrogen and oxygen atoms in total. The van der Waals surface area contributed by atoms with Crippen LogP contribution in [0.25, 0.3) is 0 Å². The van der Waals surface area contributed by atoms with Crippen LogP contribution in [-0.4, -0.2) is 160 Å². The third-order valence-electron chi connectivity index (χ3n) is 13.8. The zero-order valence-electron chi connectivity index (χ0n) is 50.2. The Labute approximate surface area is 480 Å². The van der Waals surface area contributed by atoms with Crippen LogP contribution in [0.3, 0.4) is 0 Å². The van der Waals surface area contributed by atoms with E-state index in [9.17, 15) is 33.6 Å². The molecular formula is C56H115N15O9. The Morgan fingerprint density at radius 2 is 0.662 bits per heavy atom. The van der Waals surface area contributed by atoms with Gasteiger partial charge in [-0.2, -0.15) is 0 Å². The first kappa shape index (κ1) is 75.9. The predicted molar refractivity (Wildman–Crippen MR) is 317 cm³/mol. The van der Waals surface area contributed by atoms with Crippen molar-refractivity contribution >= 4 is 41.4 Å². The summed E-state index contributed by atoms with van der Waals surface area (Å²) in [6.45, 7) is 16.3. The first-order valence-corrected chi connectivity index (χ1v) is 30.1. The molecule has 0 spiro atoms. The molecule has 0 rings (SSSR count). The van der Waals surface area contributed by atoms with Gasteiger partial charge in [0.1, 0.15) is 18.1 Å². The van der Waals surface area contributed by atoms with Gasteiger partial charge in [0.15, 0.2) is 0 Å². The standard InChI is InChI=1S/C56H115N15O9/c1-40(2)39-80-56(5,6)29-38-79-55(3,4)28-37-68-53(77)46(71-54(78)47(70-51(75)44(64)24-10-17-33-60)27-13-19-35-66-49(73)42(62)22-8-15-31-58)26-12-20-36-67-52(76)45(69-50(74)43(63)23-9-16-32-59)25-11-18-34-65-48(72)41(61)21-7-14-30-57/h40-47H,7-39,57-64H2,1-6H3,(H,65,72)(H,66,73)(H,67,76)(H,68,77)(H,69,74)(H,70,75)(H,71,78). The zero-order chi connectivity index (χ0) is 60.4. The monoisotopic (exact) mass is 1140 g/mol. The number of hydrogen-bond acceptors (Lipinski definition) is 17. The molecule has 0 fully saturated rings. The van der Waals surface area contributed by atoms with E-state index < -0.39 is 77.4 Å². The van der Waals surface area contributed by atoms with Gasteiger partial charge in [0.25, 0.3) is 0 Å². The summed E-state index contributed by atoms with van der Waals surface area (Å²) in [5, 5.41) is 20.1. The second-order valence-corrected chi connectivity index (χ2v) is 23.0. The molecule has 0 aromatic rings. The summed E-state index contributed by atoms with van der Waals surface area (Å²) in [5.74, 6) is -2.55. The number of carbonyl (C=O) groups excluding carboxylic acids is 7. The van der Waals surface area contributed by atoms with Crippen molar-refractivity contribution in [1.82, 2.24) is 37.2 Å². The molecule has 0 radical (unpaired) electrons. The van der Waals surface area contributed by atoms with E-state index in [0.717, 1.165) is 25.7 Å². The van der Waals surface area contributed by atoms with Crippen molar-refractivity contribution in [2.75, 3.05) is 65.6 Å². The minimum atomic E-state index is -1.06. The Morgan fingerprint density at radius 1 is 0.362 bits per heavy atom. The number of rotatable bonds is 51. The van der Waals surface area contributed by atoms with Crippen LogP contribution in [0.15, 0.2) is 0 Å². The van der Waals surface area contributed by atoms with Crippen molar-refractivity contribution in [3.63, 3.8) is 0 Å². The van der Waals surface area contributed by atoms with E-state index in [1.807, 2.05) is 27.7 Å². The van der Waals surface area contributed by atoms with Crippen molar-refractivity contribution in [2.45, 2.75) is 243 Å². The number of amides is 7. The molecule has 7 amide bonds. The fraction of sp³-hybridized carbons (Fsp3) is 0.875. The van der Waals surface area contributed by atoms with Gasteiger partial charge in [-0.15, -0.1) is 0 Å². The van der Waals surface area contributed by atoms with Crippen LogP contribution < -0.4 is 83.1 Å². The van der Waals surface area contributed by atoms with Crippen LogP contribution in [0, 0.1) is 5.92 Å². The molecule has 7 unspecified atom stereocenters. The molecule has 80 heavy (non-hydrogen) atoms. The molecule has 24 heteroatoms. The summed E-state index contributed by atoms with van der Waals surface area (Å²) in [4.78, 5) is 93.7. The van der Waals surface area contributed by atoms with Crippen molar-refractivity contribution in [1.29, 1.82) is 0 Å². The van der Waals surface area contributed by atoms with Crippen LogP contribution in [-0.2, 0) is 43.0 Å². The average molecular weight is 1140 g/mol. The van der Waals surface area contributed by atoms with E-state index in [-0.39, 0.29) is 49.8 Å². The van der Waals surface area contributed by atoms with E-state index in [2.05, 4.69) is 51.1 Å². The van der Waals surface area contributed by atoms with Crippen LogP contribution in [0.2, 0.25) is 0 Å². The van der Waals surface area contributed by atoms with Gasteiger partial charge >= 0.3 is 0 Å². The molecule has 0 aliphatic heterocycles. The van der Waals surface area contributed by atoms with Gasteiger partial charge in [-0.3, -0.25) is 33.6 Å². The maximum atomic E-state index is 14.3. The summed E-state index contributed by atoms with van der Waals surface area (Å²) in [6, 6.07) is -6.04. The number of unbranched alkanes of at least 4 members (excludes halogenated alkanes) is 7. The minimum absolute atomic E-state index is 0.176. The Kier molecular flexibility index (Phi) is 43.1. The Bertz CT molecular complexity index is 1710. The van der Waals surface area contributed by atoms with Gasteiger partial charge < -0.3 is 92.6 Å². The normalized spacial score (nSPS) is 14.5. The predicted octanol–water partition coefficient (Wildman–Crippen LogP) is 0.268. The molecule has 0 heterocycles. The molecular weight excluding hydrogens is 1030 g/mol. The average Bonchev–Trinajstić information content (AvgIpc) is 3.40. The molecule has 0 aliphatic rings. The second kappa shape index (κ2) is 45.4. The molecule has 0 aliphatic carbocycles. The third-order valence-corrected chi connectivity index (χ3v) is 13.8. The van der Waals surface area contributed by atoms with E-state index in [1.54, 1.807) is 0 Å². The highest BCUT2D eigenvalue weighted by molar-refractivity contribution is 5.93. The smallest absolute Gasteiger partial charge is 0.243 e. The highest BCUT2D eigenvalue weighted by atomic mass is 16.5. The quantitative estimate of drug-likeness (QED) is 0.0364. The Balaban J connectivity index is 6.22. The Hall–Kier alpha value is -4.11. The molecule has 0 aromatic carbocycles. The molecule has 0 saturated carbocycles. The van der Waals surface area contributed by atoms with Gasteiger partial charge in [0.05, 0.1) is 42.0 Å². The summed E-state index contributed by atoms with van der Waals surface area (Å²) in [6.07, 6.45) is 12.0. The molecule has 0 bridgehead atoms. The lowest BCUT2D eigenvalue weighted by Gasteiger charge is -2.30. The summed E-state index contributed by atoms with van der Waals surface area (Å²) < 4.78 is 12.3. The van der Waals surface area contributed by atoms with Gasteiger partial charge in [-0.1, -0.05) is 39.5 Å². The van der Waals surface area contributed by atoms with Gasteiger partial charge in [-0.25, -0.2) is 0 Å². The topological polar surface area (TPSA) is 430 Å². The largest absolute Gasteiger partial charge is 0.375 e. The van der Waals surface area contributed by atoms with E-state index >= 15 is 0 Å². The molecule has 23 N–H and O–H groups in total. The third kappa shape index (κ3) is 38.6. The number of carbonyl (C=O) groups is 7. The van der Waals surface area contributed by atoms with E-state index in [4.69, 9.17) is 55.3 Å². The van der Waals surface area contributed by atoms with E-state index in [1.165, 1.54) is 0 Å². The zero-order valence-corrected chi connectivity index (χ0v) is 50.2. The second-order valence-electron chi connectivity index (χ2n) is 23.0. The van der Waals surface area contributed by atoms with Crippen LogP contribution >= 0.6 is 0 Å².